The topological polar surface area (TPSA) is 62.3 Å². The van der Waals surface area contributed by atoms with Crippen molar-refractivity contribution in [3.8, 4) is 0 Å². The Morgan fingerprint density at radius 1 is 1.08 bits per heavy atom. The summed E-state index contributed by atoms with van der Waals surface area (Å²) in [6.07, 6.45) is 2.69. The van der Waals surface area contributed by atoms with Gasteiger partial charge in [-0.1, -0.05) is 53.5 Å². The maximum atomic E-state index is 12.5. The summed E-state index contributed by atoms with van der Waals surface area (Å²) in [4.78, 5) is 30.5. The highest BCUT2D eigenvalue weighted by Crippen LogP contribution is 2.24. The number of anilines is 1. The highest BCUT2D eigenvalue weighted by molar-refractivity contribution is 6.42. The smallest absolute Gasteiger partial charge is 0.323 e. The van der Waals surface area contributed by atoms with Gasteiger partial charge in [-0.15, -0.1) is 0 Å². The second-order valence-corrected chi connectivity index (χ2v) is 6.72. The van der Waals surface area contributed by atoms with Crippen LogP contribution in [-0.4, -0.2) is 34.8 Å². The van der Waals surface area contributed by atoms with Crippen molar-refractivity contribution in [2.24, 2.45) is 5.92 Å². The van der Waals surface area contributed by atoms with Gasteiger partial charge in [0, 0.05) is 36.8 Å². The van der Waals surface area contributed by atoms with Crippen LogP contribution in [-0.2, 0) is 0 Å². The highest BCUT2D eigenvalue weighted by atomic mass is 35.5. The number of ketones is 1. The van der Waals surface area contributed by atoms with E-state index in [-0.39, 0.29) is 17.7 Å². The monoisotopic (exact) mass is 377 g/mol. The molecule has 5 nitrogen and oxygen atoms in total. The number of hydrogen-bond acceptors (Lipinski definition) is 3. The van der Waals surface area contributed by atoms with E-state index in [1.807, 2.05) is 30.3 Å². The van der Waals surface area contributed by atoms with Crippen molar-refractivity contribution in [1.82, 2.24) is 9.88 Å². The molecule has 0 bridgehead atoms. The Morgan fingerprint density at radius 3 is 2.40 bits per heavy atom. The third-order valence-electron chi connectivity index (χ3n) is 4.25. The highest BCUT2D eigenvalue weighted by Gasteiger charge is 2.28. The van der Waals surface area contributed by atoms with Gasteiger partial charge < -0.3 is 4.90 Å². The molecule has 2 amide bonds. The van der Waals surface area contributed by atoms with Crippen LogP contribution < -0.4 is 5.32 Å². The van der Waals surface area contributed by atoms with Crippen molar-refractivity contribution in [1.29, 1.82) is 0 Å². The standard InChI is InChI=1S/C18H17Cl2N3O2/c19-14-10-16(21-11-15(14)20)22-18(25)23-8-6-13(7-9-23)17(24)12-4-2-1-3-5-12/h1-5,10-11,13H,6-9H2,(H,21,22,25). The molecule has 1 fully saturated rings. The molecule has 0 atom stereocenters. The lowest BCUT2D eigenvalue weighted by Crippen LogP contribution is -2.42. The number of nitrogens with one attached hydrogen (secondary N) is 1. The van der Waals surface area contributed by atoms with Gasteiger partial charge in [0.25, 0.3) is 0 Å². The van der Waals surface area contributed by atoms with Gasteiger partial charge >= 0.3 is 6.03 Å². The average Bonchev–Trinajstić information content (AvgIpc) is 2.65. The summed E-state index contributed by atoms with van der Waals surface area (Å²) in [5.74, 6) is 0.447. The molecule has 1 N–H and O–H groups in total. The van der Waals surface area contributed by atoms with Crippen LogP contribution in [0.4, 0.5) is 10.6 Å². The first-order valence-corrected chi connectivity index (χ1v) is 8.76. The van der Waals surface area contributed by atoms with Crippen molar-refractivity contribution in [2.75, 3.05) is 18.4 Å². The maximum absolute atomic E-state index is 12.5. The SMILES string of the molecule is O=C(c1ccccc1)C1CCN(C(=O)Nc2cc(Cl)c(Cl)cn2)CC1. The first-order chi connectivity index (χ1) is 12.0. The van der Waals surface area contributed by atoms with Crippen LogP contribution in [0.3, 0.4) is 0 Å². The Kier molecular flexibility index (Phi) is 5.56. The zero-order valence-corrected chi connectivity index (χ0v) is 14.9. The molecule has 2 heterocycles. The summed E-state index contributed by atoms with van der Waals surface area (Å²) in [5, 5.41) is 3.37. The van der Waals surface area contributed by atoms with Crippen LogP contribution in [0.1, 0.15) is 23.2 Å². The molecule has 1 aromatic heterocycles. The van der Waals surface area contributed by atoms with E-state index in [9.17, 15) is 9.59 Å². The second-order valence-electron chi connectivity index (χ2n) is 5.91. The molecular formula is C18H17Cl2N3O2. The largest absolute Gasteiger partial charge is 0.324 e. The van der Waals surface area contributed by atoms with Crippen LogP contribution >= 0.6 is 23.2 Å². The van der Waals surface area contributed by atoms with E-state index in [0.717, 1.165) is 5.56 Å². The molecule has 0 radical (unpaired) electrons. The van der Waals surface area contributed by atoms with E-state index in [1.165, 1.54) is 12.3 Å². The number of hydrogen-bond donors (Lipinski definition) is 1. The number of benzene rings is 1. The lowest BCUT2D eigenvalue weighted by molar-refractivity contribution is 0.0859. The van der Waals surface area contributed by atoms with Crippen LogP contribution in [0.2, 0.25) is 10.0 Å². The number of halogens is 2. The lowest BCUT2D eigenvalue weighted by Gasteiger charge is -2.31. The van der Waals surface area contributed by atoms with Crippen molar-refractivity contribution >= 4 is 40.8 Å². The van der Waals surface area contributed by atoms with Crippen molar-refractivity contribution in [2.45, 2.75) is 12.8 Å². The van der Waals surface area contributed by atoms with Gasteiger partial charge in [-0.05, 0) is 12.8 Å². The third kappa shape index (κ3) is 4.30. The fraction of sp³-hybridized carbons (Fsp3) is 0.278. The van der Waals surface area contributed by atoms with E-state index in [2.05, 4.69) is 10.3 Å². The number of aromatic nitrogens is 1. The molecule has 1 aliphatic heterocycles. The van der Waals surface area contributed by atoms with Gasteiger partial charge in [-0.25, -0.2) is 9.78 Å². The molecule has 7 heteroatoms. The third-order valence-corrected chi connectivity index (χ3v) is 4.97. The van der Waals surface area contributed by atoms with Gasteiger partial charge in [0.15, 0.2) is 5.78 Å². The normalized spacial score (nSPS) is 15.0. The average molecular weight is 378 g/mol. The molecule has 0 unspecified atom stereocenters. The molecule has 0 spiro atoms. The van der Waals surface area contributed by atoms with E-state index in [0.29, 0.717) is 41.8 Å². The minimum absolute atomic E-state index is 0.0467. The molecular weight excluding hydrogens is 361 g/mol. The first kappa shape index (κ1) is 17.7. The summed E-state index contributed by atoms with van der Waals surface area (Å²) < 4.78 is 0. The molecule has 1 aromatic carbocycles. The molecule has 0 saturated carbocycles. The number of pyridine rings is 1. The minimum atomic E-state index is -0.253. The number of rotatable bonds is 3. The van der Waals surface area contributed by atoms with Gasteiger partial charge in [0.05, 0.1) is 10.0 Å². The van der Waals surface area contributed by atoms with Crippen LogP contribution in [0.5, 0.6) is 0 Å². The van der Waals surface area contributed by atoms with Crippen LogP contribution in [0.25, 0.3) is 0 Å². The molecule has 25 heavy (non-hydrogen) atoms. The zero-order chi connectivity index (χ0) is 17.8. The Labute approximate surface area is 155 Å². The number of nitrogens with zero attached hydrogens (tertiary/aromatic N) is 2. The summed E-state index contributed by atoms with van der Waals surface area (Å²) in [6, 6.07) is 10.5. The Bertz CT molecular complexity index is 775. The summed E-state index contributed by atoms with van der Waals surface area (Å²) in [5.41, 5.74) is 0.727. The second kappa shape index (κ2) is 7.85. The van der Waals surface area contributed by atoms with Gasteiger partial charge in [0.1, 0.15) is 5.82 Å². The number of likely N-dealkylation sites (tertiary alicyclic amines) is 1. The van der Waals surface area contributed by atoms with Gasteiger partial charge in [-0.3, -0.25) is 10.1 Å². The van der Waals surface area contributed by atoms with E-state index >= 15 is 0 Å². The molecule has 1 saturated heterocycles. The Hall–Kier alpha value is -2.11. The van der Waals surface area contributed by atoms with Crippen molar-refractivity contribution in [3.63, 3.8) is 0 Å². The van der Waals surface area contributed by atoms with Gasteiger partial charge in [0.2, 0.25) is 0 Å². The minimum Gasteiger partial charge on any atom is -0.324 e. The quantitative estimate of drug-likeness (QED) is 0.799. The molecule has 2 aromatic rings. The zero-order valence-electron chi connectivity index (χ0n) is 13.4. The predicted octanol–water partition coefficient (Wildman–Crippen LogP) is 4.52. The summed E-state index contributed by atoms with van der Waals surface area (Å²) >= 11 is 11.7. The summed E-state index contributed by atoms with van der Waals surface area (Å²) in [7, 11) is 0. The van der Waals surface area contributed by atoms with Crippen LogP contribution in [0.15, 0.2) is 42.6 Å². The predicted molar refractivity (Wildman–Crippen MR) is 98.3 cm³/mol. The van der Waals surface area contributed by atoms with E-state index < -0.39 is 0 Å². The number of carbonyl (C=O) groups is 2. The fourth-order valence-electron chi connectivity index (χ4n) is 2.85. The first-order valence-electron chi connectivity index (χ1n) is 8.01. The summed E-state index contributed by atoms with van der Waals surface area (Å²) in [6.45, 7) is 1.05. The van der Waals surface area contributed by atoms with Crippen molar-refractivity contribution in [3.05, 3.63) is 58.2 Å². The van der Waals surface area contributed by atoms with E-state index in [4.69, 9.17) is 23.2 Å². The molecule has 130 valence electrons. The van der Waals surface area contributed by atoms with E-state index in [1.54, 1.807) is 4.90 Å². The number of carbonyl (C=O) groups excluding carboxylic acids is 2. The molecule has 1 aliphatic rings. The van der Waals surface area contributed by atoms with Crippen LogP contribution in [0, 0.1) is 5.92 Å². The lowest BCUT2D eigenvalue weighted by atomic mass is 9.89. The maximum Gasteiger partial charge on any atom is 0.323 e. The molecule has 0 aliphatic carbocycles. The van der Waals surface area contributed by atoms with Crippen molar-refractivity contribution < 1.29 is 9.59 Å². The van der Waals surface area contributed by atoms with Gasteiger partial charge in [-0.2, -0.15) is 0 Å². The molecule has 3 rings (SSSR count). The Balaban J connectivity index is 1.55. The number of Topliss-reactive ketones (excluding diaryl/α,β-unsaturated/α-hetero) is 1. The number of piperidine rings is 1. The Morgan fingerprint density at radius 2 is 1.76 bits per heavy atom. The number of urea groups is 1. The number of amides is 2. The fourth-order valence-corrected chi connectivity index (χ4v) is 3.11.